The minimum absolute atomic E-state index is 0.0579. The van der Waals surface area contributed by atoms with Gasteiger partial charge in [0.2, 0.25) is 5.91 Å². The Balaban J connectivity index is 1.52. The van der Waals surface area contributed by atoms with E-state index in [2.05, 4.69) is 0 Å². The summed E-state index contributed by atoms with van der Waals surface area (Å²) in [5.41, 5.74) is 0. The first-order valence-electron chi connectivity index (χ1n) is 8.76. The Hall–Kier alpha value is -1.78. The van der Waals surface area contributed by atoms with Crippen LogP contribution in [0.25, 0.3) is 0 Å². The average Bonchev–Trinajstić information content (AvgIpc) is 3.15. The number of hydrogen-bond acceptors (Lipinski definition) is 3. The second kappa shape index (κ2) is 7.20. The second-order valence-electron chi connectivity index (χ2n) is 6.78. The van der Waals surface area contributed by atoms with Crippen LogP contribution in [0.3, 0.4) is 0 Å². The molecule has 0 N–H and O–H groups in total. The van der Waals surface area contributed by atoms with Crippen LogP contribution in [0.15, 0.2) is 22.8 Å². The summed E-state index contributed by atoms with van der Waals surface area (Å²) >= 11 is 0. The van der Waals surface area contributed by atoms with Crippen LogP contribution in [0.5, 0.6) is 0 Å². The summed E-state index contributed by atoms with van der Waals surface area (Å²) in [6, 6.07) is 3.83. The van der Waals surface area contributed by atoms with Gasteiger partial charge in [-0.3, -0.25) is 9.59 Å². The van der Waals surface area contributed by atoms with Crippen molar-refractivity contribution in [3.8, 4) is 0 Å². The summed E-state index contributed by atoms with van der Waals surface area (Å²) in [6.45, 7) is 1.27. The van der Waals surface area contributed by atoms with E-state index in [0.29, 0.717) is 24.9 Å². The van der Waals surface area contributed by atoms with Crippen LogP contribution in [-0.2, 0) is 4.79 Å². The molecule has 1 saturated carbocycles. The van der Waals surface area contributed by atoms with Gasteiger partial charge in [-0.15, -0.1) is 0 Å². The zero-order valence-electron chi connectivity index (χ0n) is 13.9. The number of piperidine rings is 1. The Labute approximate surface area is 137 Å². The average molecular weight is 318 g/mol. The first-order valence-corrected chi connectivity index (χ1v) is 8.76. The summed E-state index contributed by atoms with van der Waals surface area (Å²) in [5.74, 6) is 0.639. The predicted molar refractivity (Wildman–Crippen MR) is 87.0 cm³/mol. The second-order valence-corrected chi connectivity index (χ2v) is 6.78. The Morgan fingerprint density at radius 3 is 2.43 bits per heavy atom. The number of likely N-dealkylation sites (tertiary alicyclic amines) is 1. The number of furan rings is 1. The van der Waals surface area contributed by atoms with E-state index in [-0.39, 0.29) is 17.7 Å². The Morgan fingerprint density at radius 2 is 1.83 bits per heavy atom. The van der Waals surface area contributed by atoms with Gasteiger partial charge in [0.25, 0.3) is 5.91 Å². The van der Waals surface area contributed by atoms with E-state index in [1.807, 2.05) is 11.9 Å². The van der Waals surface area contributed by atoms with Crippen LogP contribution in [-0.4, -0.2) is 47.8 Å². The third-order valence-electron chi connectivity index (χ3n) is 5.33. The highest BCUT2D eigenvalue weighted by molar-refractivity contribution is 5.91. The van der Waals surface area contributed by atoms with E-state index in [1.54, 1.807) is 17.0 Å². The quantitative estimate of drug-likeness (QED) is 0.861. The van der Waals surface area contributed by atoms with Crippen molar-refractivity contribution in [3.63, 3.8) is 0 Å². The van der Waals surface area contributed by atoms with Crippen molar-refractivity contribution in [2.45, 2.75) is 51.0 Å². The number of carbonyl (C=O) groups is 2. The molecule has 0 atom stereocenters. The summed E-state index contributed by atoms with van der Waals surface area (Å²) < 4.78 is 5.17. The maximum atomic E-state index is 12.7. The number of nitrogens with zero attached hydrogens (tertiary/aromatic N) is 2. The van der Waals surface area contributed by atoms with E-state index >= 15 is 0 Å². The molecule has 126 valence electrons. The largest absolute Gasteiger partial charge is 0.459 e. The fourth-order valence-corrected chi connectivity index (χ4v) is 3.82. The lowest BCUT2D eigenvalue weighted by Crippen LogP contribution is -2.46. The van der Waals surface area contributed by atoms with Crippen LogP contribution >= 0.6 is 0 Å². The van der Waals surface area contributed by atoms with Crippen molar-refractivity contribution in [2.24, 2.45) is 5.92 Å². The molecule has 2 heterocycles. The molecule has 1 saturated heterocycles. The first-order chi connectivity index (χ1) is 11.2. The zero-order valence-corrected chi connectivity index (χ0v) is 13.9. The zero-order chi connectivity index (χ0) is 16.2. The van der Waals surface area contributed by atoms with E-state index in [0.717, 1.165) is 25.7 Å². The Morgan fingerprint density at radius 1 is 1.13 bits per heavy atom. The van der Waals surface area contributed by atoms with Gasteiger partial charge in [0.1, 0.15) is 0 Å². The first kappa shape index (κ1) is 16.1. The van der Waals surface area contributed by atoms with E-state index < -0.39 is 0 Å². The van der Waals surface area contributed by atoms with Gasteiger partial charge in [-0.2, -0.15) is 0 Å². The molecule has 1 aliphatic heterocycles. The molecule has 1 aromatic heterocycles. The molecule has 2 fully saturated rings. The molecule has 0 radical (unpaired) electrons. The highest BCUT2D eigenvalue weighted by atomic mass is 16.3. The van der Waals surface area contributed by atoms with Crippen molar-refractivity contribution in [2.75, 3.05) is 20.1 Å². The highest BCUT2D eigenvalue weighted by Crippen LogP contribution is 2.26. The molecule has 0 spiro atoms. The van der Waals surface area contributed by atoms with Crippen molar-refractivity contribution < 1.29 is 14.0 Å². The van der Waals surface area contributed by atoms with Crippen LogP contribution in [0, 0.1) is 5.92 Å². The summed E-state index contributed by atoms with van der Waals surface area (Å²) in [7, 11) is 1.96. The summed E-state index contributed by atoms with van der Waals surface area (Å²) in [4.78, 5) is 28.7. The minimum Gasteiger partial charge on any atom is -0.459 e. The predicted octanol–water partition coefficient (Wildman–Crippen LogP) is 2.92. The molecule has 2 amide bonds. The molecular formula is C18H26N2O3. The molecule has 1 aromatic rings. The fraction of sp³-hybridized carbons (Fsp3) is 0.667. The van der Waals surface area contributed by atoms with E-state index in [4.69, 9.17) is 4.42 Å². The molecule has 3 rings (SSSR count). The van der Waals surface area contributed by atoms with Crippen molar-refractivity contribution >= 4 is 11.8 Å². The third kappa shape index (κ3) is 3.59. The topological polar surface area (TPSA) is 53.8 Å². The molecule has 0 bridgehead atoms. The van der Waals surface area contributed by atoms with E-state index in [9.17, 15) is 9.59 Å². The lowest BCUT2D eigenvalue weighted by Gasteiger charge is -2.36. The van der Waals surface area contributed by atoms with Crippen molar-refractivity contribution in [1.29, 1.82) is 0 Å². The highest BCUT2D eigenvalue weighted by Gasteiger charge is 2.32. The lowest BCUT2D eigenvalue weighted by atomic mass is 9.91. The van der Waals surface area contributed by atoms with Crippen LogP contribution in [0.2, 0.25) is 0 Å². The molecule has 0 unspecified atom stereocenters. The van der Waals surface area contributed by atoms with Crippen LogP contribution in [0.1, 0.15) is 55.5 Å². The normalized spacial score (nSPS) is 20.5. The summed E-state index contributed by atoms with van der Waals surface area (Å²) in [6.07, 6.45) is 9.06. The molecule has 2 aliphatic rings. The Kier molecular flexibility index (Phi) is 5.03. The van der Waals surface area contributed by atoms with Gasteiger partial charge in [0, 0.05) is 32.1 Å². The van der Waals surface area contributed by atoms with Crippen LogP contribution < -0.4 is 0 Å². The Bertz CT molecular complexity index is 526. The molecule has 1 aliphatic carbocycles. The molecule has 23 heavy (non-hydrogen) atoms. The maximum Gasteiger partial charge on any atom is 0.289 e. The van der Waals surface area contributed by atoms with Gasteiger partial charge in [0.15, 0.2) is 5.76 Å². The van der Waals surface area contributed by atoms with Gasteiger partial charge in [0.05, 0.1) is 6.26 Å². The molecular weight excluding hydrogens is 292 g/mol. The smallest absolute Gasteiger partial charge is 0.289 e. The molecule has 5 nitrogen and oxygen atoms in total. The maximum absolute atomic E-state index is 12.7. The molecule has 0 aromatic carbocycles. The van der Waals surface area contributed by atoms with Gasteiger partial charge < -0.3 is 14.2 Å². The van der Waals surface area contributed by atoms with Gasteiger partial charge in [-0.05, 0) is 37.8 Å². The standard InChI is InChI=1S/C18H26N2O3/c1-19(15-6-3-2-4-7-15)17(21)14-9-11-20(12-10-14)18(22)16-8-5-13-23-16/h5,8,13-15H,2-4,6-7,9-12H2,1H3. The SMILES string of the molecule is CN(C(=O)C1CCN(C(=O)c2ccco2)CC1)C1CCCCC1. The summed E-state index contributed by atoms with van der Waals surface area (Å²) in [5, 5.41) is 0. The fourth-order valence-electron chi connectivity index (χ4n) is 3.82. The number of hydrogen-bond donors (Lipinski definition) is 0. The van der Waals surface area contributed by atoms with Crippen molar-refractivity contribution in [3.05, 3.63) is 24.2 Å². The van der Waals surface area contributed by atoms with Gasteiger partial charge >= 0.3 is 0 Å². The minimum atomic E-state index is -0.0680. The van der Waals surface area contributed by atoms with Crippen molar-refractivity contribution in [1.82, 2.24) is 9.80 Å². The van der Waals surface area contributed by atoms with E-state index in [1.165, 1.54) is 25.5 Å². The number of rotatable bonds is 3. The third-order valence-corrected chi connectivity index (χ3v) is 5.33. The number of carbonyl (C=O) groups excluding carboxylic acids is 2. The molecule has 5 heteroatoms. The van der Waals surface area contributed by atoms with Gasteiger partial charge in [-0.25, -0.2) is 0 Å². The van der Waals surface area contributed by atoms with Gasteiger partial charge in [-0.1, -0.05) is 19.3 Å². The lowest BCUT2D eigenvalue weighted by molar-refractivity contribution is -0.138. The van der Waals surface area contributed by atoms with Crippen LogP contribution in [0.4, 0.5) is 0 Å². The number of amides is 2. The monoisotopic (exact) mass is 318 g/mol.